The van der Waals surface area contributed by atoms with Gasteiger partial charge in [0.2, 0.25) is 5.95 Å². The molecule has 0 aliphatic rings. The Bertz CT molecular complexity index is 796. The summed E-state index contributed by atoms with van der Waals surface area (Å²) in [5.74, 6) is 0.683. The van der Waals surface area contributed by atoms with E-state index in [1.165, 1.54) is 17.5 Å². The minimum Gasteiger partial charge on any atom is -0.357 e. The summed E-state index contributed by atoms with van der Waals surface area (Å²) in [6, 6.07) is 21.2. The van der Waals surface area contributed by atoms with Crippen molar-refractivity contribution in [2.75, 3.05) is 12.4 Å². The summed E-state index contributed by atoms with van der Waals surface area (Å²) in [5, 5.41) is 3.07. The van der Waals surface area contributed by atoms with E-state index < -0.39 is 0 Å². The Hall–Kier alpha value is -2.68. The summed E-state index contributed by atoms with van der Waals surface area (Å²) >= 11 is 0. The van der Waals surface area contributed by atoms with Crippen LogP contribution in [0, 0.1) is 6.92 Å². The van der Waals surface area contributed by atoms with Gasteiger partial charge in [-0.3, -0.25) is 0 Å². The summed E-state index contributed by atoms with van der Waals surface area (Å²) in [6.45, 7) is 10.3. The van der Waals surface area contributed by atoms with E-state index in [9.17, 15) is 0 Å². The van der Waals surface area contributed by atoms with Crippen molar-refractivity contribution in [1.29, 1.82) is 0 Å². The van der Waals surface area contributed by atoms with Crippen molar-refractivity contribution in [3.63, 3.8) is 0 Å². The van der Waals surface area contributed by atoms with E-state index in [-0.39, 0.29) is 0 Å². The number of anilines is 1. The van der Waals surface area contributed by atoms with Crippen molar-refractivity contribution in [2.45, 2.75) is 60.3 Å². The molecule has 1 N–H and O–H groups in total. The molecule has 0 aliphatic carbocycles. The molecule has 0 radical (unpaired) electrons. The fourth-order valence-corrected chi connectivity index (χ4v) is 2.73. The molecule has 0 fully saturated rings. The molecule has 3 aromatic rings. The lowest BCUT2D eigenvalue weighted by Gasteiger charge is -2.08. The van der Waals surface area contributed by atoms with Gasteiger partial charge in [0.1, 0.15) is 0 Å². The number of rotatable bonds is 6. The van der Waals surface area contributed by atoms with E-state index in [1.54, 1.807) is 0 Å². The molecule has 0 atom stereocenters. The zero-order valence-electron chi connectivity index (χ0n) is 19.0. The van der Waals surface area contributed by atoms with Gasteiger partial charge in [-0.05, 0) is 37.8 Å². The summed E-state index contributed by atoms with van der Waals surface area (Å²) in [4.78, 5) is 9.20. The lowest BCUT2D eigenvalue weighted by molar-refractivity contribution is 0.796. The minimum absolute atomic E-state index is 0.683. The molecule has 1 heterocycles. The second-order valence-electron chi connectivity index (χ2n) is 6.73. The Morgan fingerprint density at radius 1 is 0.828 bits per heavy atom. The number of benzene rings is 2. The quantitative estimate of drug-likeness (QED) is 0.486. The first-order chi connectivity index (χ1) is 14.2. The average Bonchev–Trinajstić information content (AvgIpc) is 2.77. The maximum atomic E-state index is 4.60. The van der Waals surface area contributed by atoms with E-state index >= 15 is 0 Å². The van der Waals surface area contributed by atoms with Crippen molar-refractivity contribution < 1.29 is 0 Å². The molecule has 2 aromatic carbocycles. The van der Waals surface area contributed by atoms with Crippen LogP contribution in [-0.4, -0.2) is 17.0 Å². The van der Waals surface area contributed by atoms with Gasteiger partial charge in [0.15, 0.2) is 0 Å². The van der Waals surface area contributed by atoms with Crippen LogP contribution in [-0.2, 0) is 12.8 Å². The number of aryl methyl sites for hydroxylation is 3. The standard InChI is InChI=1S/C21H23N3.C3H8.C2H6/c1-16-11-13-18(14-12-16)20-15-19(23-21(22-2)24-20)10-6-9-17-7-4-3-5-8-17;1-3-2;1-2/h3-5,7-8,11-15H,6,9-10H2,1-2H3,(H,22,23,24);3H2,1-2H3;1-2H3. The number of aromatic nitrogens is 2. The largest absolute Gasteiger partial charge is 0.357 e. The smallest absolute Gasteiger partial charge is 0.223 e. The fourth-order valence-electron chi connectivity index (χ4n) is 2.73. The molecule has 1 aromatic heterocycles. The van der Waals surface area contributed by atoms with Crippen molar-refractivity contribution in [3.8, 4) is 11.3 Å². The van der Waals surface area contributed by atoms with Crippen molar-refractivity contribution >= 4 is 5.95 Å². The number of hydrogen-bond donors (Lipinski definition) is 1. The second-order valence-corrected chi connectivity index (χ2v) is 6.73. The van der Waals surface area contributed by atoms with Crippen LogP contribution < -0.4 is 5.32 Å². The highest BCUT2D eigenvalue weighted by molar-refractivity contribution is 5.61. The third-order valence-electron chi connectivity index (χ3n) is 4.09. The van der Waals surface area contributed by atoms with Gasteiger partial charge in [-0.1, -0.05) is 94.3 Å². The molecule has 0 amide bonds. The minimum atomic E-state index is 0.683. The predicted molar refractivity (Wildman–Crippen MR) is 128 cm³/mol. The highest BCUT2D eigenvalue weighted by atomic mass is 15.1. The normalized spacial score (nSPS) is 9.59. The van der Waals surface area contributed by atoms with Crippen LogP contribution in [0.4, 0.5) is 5.95 Å². The molecule has 3 heteroatoms. The van der Waals surface area contributed by atoms with Crippen LogP contribution >= 0.6 is 0 Å². The van der Waals surface area contributed by atoms with Gasteiger partial charge >= 0.3 is 0 Å². The Labute approximate surface area is 177 Å². The van der Waals surface area contributed by atoms with Crippen LogP contribution in [0.5, 0.6) is 0 Å². The molecule has 0 bridgehead atoms. The number of nitrogens with one attached hydrogen (secondary N) is 1. The Balaban J connectivity index is 0.000000771. The molecule has 29 heavy (non-hydrogen) atoms. The van der Waals surface area contributed by atoms with Gasteiger partial charge in [0.05, 0.1) is 5.69 Å². The van der Waals surface area contributed by atoms with Gasteiger partial charge in [-0.2, -0.15) is 0 Å². The Morgan fingerprint density at radius 3 is 2.03 bits per heavy atom. The van der Waals surface area contributed by atoms with E-state index in [0.29, 0.717) is 5.95 Å². The molecule has 156 valence electrons. The van der Waals surface area contributed by atoms with Crippen molar-refractivity contribution in [1.82, 2.24) is 9.97 Å². The SMILES string of the molecule is CC.CCC.CNc1nc(CCCc2ccccc2)cc(-c2ccc(C)cc2)n1. The lowest BCUT2D eigenvalue weighted by Crippen LogP contribution is -2.02. The van der Waals surface area contributed by atoms with Crippen LogP contribution in [0.1, 0.15) is 57.4 Å². The molecule has 3 nitrogen and oxygen atoms in total. The van der Waals surface area contributed by atoms with E-state index in [4.69, 9.17) is 0 Å². The first kappa shape index (κ1) is 24.4. The van der Waals surface area contributed by atoms with Gasteiger partial charge in [0, 0.05) is 18.3 Å². The van der Waals surface area contributed by atoms with E-state index in [1.807, 2.05) is 20.9 Å². The van der Waals surface area contributed by atoms with Crippen LogP contribution in [0.15, 0.2) is 60.7 Å². The molecule has 0 saturated carbocycles. The second kappa shape index (κ2) is 14.3. The van der Waals surface area contributed by atoms with Crippen LogP contribution in [0.3, 0.4) is 0 Å². The summed E-state index contributed by atoms with van der Waals surface area (Å²) in [5.41, 5.74) is 5.82. The summed E-state index contributed by atoms with van der Waals surface area (Å²) < 4.78 is 0. The van der Waals surface area contributed by atoms with Crippen LogP contribution in [0.25, 0.3) is 11.3 Å². The lowest BCUT2D eigenvalue weighted by atomic mass is 10.1. The van der Waals surface area contributed by atoms with Crippen molar-refractivity contribution in [2.24, 2.45) is 0 Å². The Morgan fingerprint density at radius 2 is 1.45 bits per heavy atom. The highest BCUT2D eigenvalue weighted by Gasteiger charge is 2.06. The number of nitrogens with zero attached hydrogens (tertiary/aromatic N) is 2. The van der Waals surface area contributed by atoms with E-state index in [2.05, 4.69) is 96.7 Å². The first-order valence-electron chi connectivity index (χ1n) is 10.8. The average molecular weight is 392 g/mol. The van der Waals surface area contributed by atoms with Gasteiger partial charge in [-0.15, -0.1) is 0 Å². The van der Waals surface area contributed by atoms with E-state index in [0.717, 1.165) is 36.2 Å². The predicted octanol–water partition coefficient (Wildman–Crippen LogP) is 7.11. The van der Waals surface area contributed by atoms with Crippen molar-refractivity contribution in [3.05, 3.63) is 77.5 Å². The Kier molecular flexibility index (Phi) is 12.0. The molecule has 3 rings (SSSR count). The number of hydrogen-bond acceptors (Lipinski definition) is 3. The zero-order valence-corrected chi connectivity index (χ0v) is 19.0. The molecular formula is C26H37N3. The topological polar surface area (TPSA) is 37.8 Å². The highest BCUT2D eigenvalue weighted by Crippen LogP contribution is 2.20. The maximum Gasteiger partial charge on any atom is 0.223 e. The summed E-state index contributed by atoms with van der Waals surface area (Å²) in [6.07, 6.45) is 4.35. The fraction of sp³-hybridized carbons (Fsp3) is 0.385. The molecule has 0 saturated heterocycles. The zero-order chi connectivity index (χ0) is 21.5. The summed E-state index contributed by atoms with van der Waals surface area (Å²) in [7, 11) is 1.86. The third kappa shape index (κ3) is 8.91. The van der Waals surface area contributed by atoms with Gasteiger partial charge < -0.3 is 5.32 Å². The molecule has 0 unspecified atom stereocenters. The monoisotopic (exact) mass is 391 g/mol. The third-order valence-corrected chi connectivity index (χ3v) is 4.09. The van der Waals surface area contributed by atoms with Gasteiger partial charge in [0.25, 0.3) is 0 Å². The first-order valence-corrected chi connectivity index (χ1v) is 10.8. The van der Waals surface area contributed by atoms with Crippen LogP contribution in [0.2, 0.25) is 0 Å². The molecule has 0 spiro atoms. The molecule has 0 aliphatic heterocycles. The molecular weight excluding hydrogens is 354 g/mol. The van der Waals surface area contributed by atoms with Gasteiger partial charge in [-0.25, -0.2) is 9.97 Å². The maximum absolute atomic E-state index is 4.60.